The Hall–Kier alpha value is -2.08. The van der Waals surface area contributed by atoms with E-state index >= 15 is 0 Å². The summed E-state index contributed by atoms with van der Waals surface area (Å²) in [4.78, 5) is 25.7. The van der Waals surface area contributed by atoms with E-state index in [1.54, 1.807) is 7.11 Å². The fourth-order valence-electron chi connectivity index (χ4n) is 2.22. The molecule has 0 bridgehead atoms. The topological polar surface area (TPSA) is 63.1 Å². The van der Waals surface area contributed by atoms with Gasteiger partial charge in [0.25, 0.3) is 5.91 Å². The van der Waals surface area contributed by atoms with Gasteiger partial charge in [0.1, 0.15) is 12.3 Å². The molecule has 20 heavy (non-hydrogen) atoms. The van der Waals surface area contributed by atoms with Crippen LogP contribution < -0.4 is 15.0 Å². The molecule has 108 valence electrons. The highest BCUT2D eigenvalue weighted by atomic mass is 16.5. The summed E-state index contributed by atoms with van der Waals surface area (Å²) in [6, 6.07) is 7.48. The molecule has 1 atom stereocenters. The van der Waals surface area contributed by atoms with Gasteiger partial charge in [0.2, 0.25) is 0 Å². The number of imide groups is 1. The Balaban J connectivity index is 1.86. The van der Waals surface area contributed by atoms with E-state index in [-0.39, 0.29) is 11.9 Å². The van der Waals surface area contributed by atoms with Gasteiger partial charge in [0, 0.05) is 18.7 Å². The van der Waals surface area contributed by atoms with Gasteiger partial charge in [-0.3, -0.25) is 9.69 Å². The second-order valence-electron chi connectivity index (χ2n) is 4.94. The lowest BCUT2D eigenvalue weighted by atomic mass is 10.2. The molecule has 1 aromatic rings. The summed E-state index contributed by atoms with van der Waals surface area (Å²) < 4.78 is 5.11. The number of carbonyl (C=O) groups is 2. The number of amides is 3. The van der Waals surface area contributed by atoms with Crippen LogP contribution in [0.25, 0.3) is 0 Å². The summed E-state index contributed by atoms with van der Waals surface area (Å²) in [6.07, 6.45) is 0. The monoisotopic (exact) mass is 278 g/mol. The summed E-state index contributed by atoms with van der Waals surface area (Å²) >= 11 is 0. The van der Waals surface area contributed by atoms with E-state index in [2.05, 4.69) is 5.32 Å². The van der Waals surface area contributed by atoms with Gasteiger partial charge in [-0.15, -0.1) is 0 Å². The van der Waals surface area contributed by atoms with Gasteiger partial charge in [0.05, 0.1) is 14.2 Å². The second-order valence-corrected chi connectivity index (χ2v) is 4.94. The number of likely N-dealkylation sites (N-methyl/N-ethyl adjacent to an activating group) is 1. The smallest absolute Gasteiger partial charge is 0.324 e. The minimum Gasteiger partial charge on any atom is -0.497 e. The van der Waals surface area contributed by atoms with Crippen LogP contribution in [-0.4, -0.2) is 50.6 Å². The Morgan fingerprint density at radius 3 is 2.65 bits per heavy atom. The fourth-order valence-corrected chi connectivity index (χ4v) is 2.22. The summed E-state index contributed by atoms with van der Waals surface area (Å²) in [5, 5.41) is 2.63. The first-order valence-electron chi connectivity index (χ1n) is 6.62. The summed E-state index contributed by atoms with van der Waals surface area (Å²) in [7, 11) is 3.57. The molecule has 1 heterocycles. The predicted molar refractivity (Wildman–Crippen MR) is 73.6 cm³/mol. The Bertz CT molecular complexity index is 487. The number of quaternary nitrogens is 1. The zero-order chi connectivity index (χ0) is 14.5. The molecule has 1 saturated heterocycles. The molecule has 2 N–H and O–H groups in total. The molecule has 1 aromatic carbocycles. The first-order chi connectivity index (χ1) is 9.60. The number of carbonyl (C=O) groups excluding carboxylic acids is 2. The van der Waals surface area contributed by atoms with Crippen molar-refractivity contribution in [3.8, 4) is 5.75 Å². The van der Waals surface area contributed by atoms with Crippen molar-refractivity contribution in [2.45, 2.75) is 6.54 Å². The minimum atomic E-state index is -0.285. The molecular formula is C14H20N3O3+. The zero-order valence-corrected chi connectivity index (χ0v) is 11.8. The van der Waals surface area contributed by atoms with Crippen molar-refractivity contribution in [1.82, 2.24) is 10.2 Å². The average molecular weight is 278 g/mol. The third-order valence-electron chi connectivity index (χ3n) is 3.28. The SMILES string of the molecule is COc1ccc(C[NH+](C)CC(=O)N2CCNC2=O)cc1. The minimum absolute atomic E-state index is 0.133. The van der Waals surface area contributed by atoms with Crippen molar-refractivity contribution in [3.05, 3.63) is 29.8 Å². The molecule has 2 rings (SSSR count). The van der Waals surface area contributed by atoms with Crippen LogP contribution in [0.2, 0.25) is 0 Å². The number of nitrogens with one attached hydrogen (secondary N) is 2. The molecule has 1 aliphatic heterocycles. The lowest BCUT2D eigenvalue weighted by Crippen LogP contribution is -3.08. The molecule has 0 aromatic heterocycles. The Kier molecular flexibility index (Phi) is 4.57. The highest BCUT2D eigenvalue weighted by Gasteiger charge is 2.27. The molecule has 1 fully saturated rings. The van der Waals surface area contributed by atoms with Crippen LogP contribution in [0.4, 0.5) is 4.79 Å². The maximum atomic E-state index is 12.0. The normalized spacial score (nSPS) is 15.9. The molecule has 6 heteroatoms. The molecule has 3 amide bonds. The van der Waals surface area contributed by atoms with Gasteiger partial charge in [-0.1, -0.05) is 0 Å². The van der Waals surface area contributed by atoms with Crippen LogP contribution in [0.15, 0.2) is 24.3 Å². The number of urea groups is 1. The largest absolute Gasteiger partial charge is 0.497 e. The zero-order valence-electron chi connectivity index (χ0n) is 11.8. The van der Waals surface area contributed by atoms with Crippen molar-refractivity contribution in [2.24, 2.45) is 0 Å². The van der Waals surface area contributed by atoms with E-state index in [0.29, 0.717) is 19.6 Å². The molecule has 1 unspecified atom stereocenters. The highest BCUT2D eigenvalue weighted by Crippen LogP contribution is 2.10. The summed E-state index contributed by atoms with van der Waals surface area (Å²) in [5.74, 6) is 0.683. The molecule has 0 radical (unpaired) electrons. The predicted octanol–water partition coefficient (Wildman–Crippen LogP) is -0.738. The van der Waals surface area contributed by atoms with Crippen LogP contribution in [0.3, 0.4) is 0 Å². The van der Waals surface area contributed by atoms with Crippen molar-refractivity contribution >= 4 is 11.9 Å². The number of nitrogens with zero attached hydrogens (tertiary/aromatic N) is 1. The molecular weight excluding hydrogens is 258 g/mol. The number of benzene rings is 1. The lowest BCUT2D eigenvalue weighted by Gasteiger charge is -2.17. The third-order valence-corrected chi connectivity index (χ3v) is 3.28. The van der Waals surface area contributed by atoms with E-state index in [0.717, 1.165) is 22.8 Å². The standard InChI is InChI=1S/C14H19N3O3/c1-16(9-11-3-5-12(20-2)6-4-11)10-13(18)17-8-7-15-14(17)19/h3-6H,7-10H2,1-2H3,(H,15,19)/p+1. The Morgan fingerprint density at radius 1 is 1.40 bits per heavy atom. The van der Waals surface area contributed by atoms with Gasteiger partial charge < -0.3 is 15.0 Å². The highest BCUT2D eigenvalue weighted by molar-refractivity contribution is 5.96. The maximum Gasteiger partial charge on any atom is 0.324 e. The van der Waals surface area contributed by atoms with E-state index in [1.165, 1.54) is 4.90 Å². The molecule has 6 nitrogen and oxygen atoms in total. The van der Waals surface area contributed by atoms with Gasteiger partial charge in [-0.2, -0.15) is 0 Å². The quantitative estimate of drug-likeness (QED) is 0.746. The van der Waals surface area contributed by atoms with Gasteiger partial charge in [-0.05, 0) is 24.3 Å². The lowest BCUT2D eigenvalue weighted by molar-refractivity contribution is -0.885. The first-order valence-corrected chi connectivity index (χ1v) is 6.62. The number of rotatable bonds is 5. The van der Waals surface area contributed by atoms with Crippen LogP contribution in [-0.2, 0) is 11.3 Å². The Morgan fingerprint density at radius 2 is 2.10 bits per heavy atom. The number of ether oxygens (including phenoxy) is 1. The van der Waals surface area contributed by atoms with Crippen LogP contribution in [0, 0.1) is 0 Å². The van der Waals surface area contributed by atoms with Crippen LogP contribution in [0.1, 0.15) is 5.56 Å². The van der Waals surface area contributed by atoms with Gasteiger partial charge >= 0.3 is 6.03 Å². The third kappa shape index (κ3) is 3.48. The van der Waals surface area contributed by atoms with E-state index in [4.69, 9.17) is 4.74 Å². The fraction of sp³-hybridized carbons (Fsp3) is 0.429. The van der Waals surface area contributed by atoms with Crippen molar-refractivity contribution in [2.75, 3.05) is 33.8 Å². The van der Waals surface area contributed by atoms with Crippen LogP contribution in [0.5, 0.6) is 5.75 Å². The molecule has 0 aliphatic carbocycles. The van der Waals surface area contributed by atoms with E-state index in [9.17, 15) is 9.59 Å². The summed E-state index contributed by atoms with van der Waals surface area (Å²) in [6.45, 7) is 2.04. The molecule has 1 aliphatic rings. The molecule has 0 spiro atoms. The first kappa shape index (κ1) is 14.3. The summed E-state index contributed by atoms with van der Waals surface area (Å²) in [5.41, 5.74) is 1.13. The number of methoxy groups -OCH3 is 1. The number of hydrogen-bond donors (Lipinski definition) is 2. The second kappa shape index (κ2) is 6.38. The van der Waals surface area contributed by atoms with Crippen LogP contribution >= 0.6 is 0 Å². The average Bonchev–Trinajstić information content (AvgIpc) is 2.86. The van der Waals surface area contributed by atoms with Crippen molar-refractivity contribution in [3.63, 3.8) is 0 Å². The number of hydrogen-bond acceptors (Lipinski definition) is 3. The van der Waals surface area contributed by atoms with Crippen molar-refractivity contribution in [1.29, 1.82) is 0 Å². The maximum absolute atomic E-state index is 12.0. The van der Waals surface area contributed by atoms with Gasteiger partial charge in [-0.25, -0.2) is 4.79 Å². The van der Waals surface area contributed by atoms with Gasteiger partial charge in [0.15, 0.2) is 6.54 Å². The van der Waals surface area contributed by atoms with E-state index < -0.39 is 0 Å². The van der Waals surface area contributed by atoms with Crippen molar-refractivity contribution < 1.29 is 19.2 Å². The Labute approximate surface area is 118 Å². The van der Waals surface area contributed by atoms with E-state index in [1.807, 2.05) is 31.3 Å². The molecule has 0 saturated carbocycles.